The predicted octanol–water partition coefficient (Wildman–Crippen LogP) is 4.97. The van der Waals surface area contributed by atoms with Crippen LogP contribution in [-0.2, 0) is 47.7 Å². The van der Waals surface area contributed by atoms with Gasteiger partial charge in [-0.2, -0.15) is 0 Å². The molecule has 19 heteroatoms. The van der Waals surface area contributed by atoms with Gasteiger partial charge in [-0.15, -0.1) is 12.6 Å². The third-order valence-electron chi connectivity index (χ3n) is 8.88. The number of carbonyl (C=O) groups excluding carboxylic acids is 5. The second kappa shape index (κ2) is 49.7. The molecule has 4 amide bonds. The summed E-state index contributed by atoms with van der Waals surface area (Å²) in [5.74, 6) is -1.82. The summed E-state index contributed by atoms with van der Waals surface area (Å²) in [6.45, 7) is 9.87. The molecule has 0 rings (SSSR count). The maximum absolute atomic E-state index is 12.2. The molecule has 0 saturated carbocycles. The number of aliphatic carboxylic acids is 1. The molecule has 0 aliphatic heterocycles. The molecule has 61 heavy (non-hydrogen) atoms. The van der Waals surface area contributed by atoms with Crippen LogP contribution in [0.25, 0.3) is 0 Å². The Kier molecular flexibility index (Phi) is 50.8. The van der Waals surface area contributed by atoms with Gasteiger partial charge in [0.05, 0.1) is 57.4 Å². The van der Waals surface area contributed by atoms with E-state index in [1.807, 2.05) is 13.8 Å². The SMILES string of the molecule is C=C(O)CCCCCCCCCCCCCCC(CCC(=O)NCCOCCOCC(=O)NCCOCCOCC(=O)NCCCCC(NS)C(=O)S)C(=O)O.CC.NC=O. The number of ether oxygens (including phenoxy) is 4. The van der Waals surface area contributed by atoms with Gasteiger partial charge in [0.1, 0.15) is 13.2 Å². The summed E-state index contributed by atoms with van der Waals surface area (Å²) >= 11 is 7.67. The predicted molar refractivity (Wildman–Crippen MR) is 244 cm³/mol. The topological polar surface area (TPSA) is 254 Å². The van der Waals surface area contributed by atoms with Gasteiger partial charge in [0.15, 0.2) is 0 Å². The van der Waals surface area contributed by atoms with E-state index in [0.717, 1.165) is 38.5 Å². The van der Waals surface area contributed by atoms with Crippen LogP contribution in [-0.4, -0.2) is 124 Å². The average molecular weight is 912 g/mol. The first kappa shape index (κ1) is 62.4. The molecule has 0 radical (unpaired) electrons. The summed E-state index contributed by atoms with van der Waals surface area (Å²) in [5.41, 5.74) is 4.17. The van der Waals surface area contributed by atoms with Gasteiger partial charge in [-0.3, -0.25) is 33.5 Å². The van der Waals surface area contributed by atoms with Crippen LogP contribution >= 0.6 is 25.4 Å². The first-order valence-corrected chi connectivity index (χ1v) is 22.9. The molecule has 2 atom stereocenters. The number of carbonyl (C=O) groups is 6. The fourth-order valence-electron chi connectivity index (χ4n) is 5.61. The third kappa shape index (κ3) is 49.6. The van der Waals surface area contributed by atoms with E-state index in [-0.39, 0.29) is 94.3 Å². The molecule has 8 N–H and O–H groups in total. The number of nitrogens with one attached hydrogen (secondary N) is 4. The Morgan fingerprint density at radius 2 is 1.00 bits per heavy atom. The number of unbranched alkanes of at least 4 members (excludes halogenated alkanes) is 12. The van der Waals surface area contributed by atoms with E-state index in [9.17, 15) is 29.1 Å². The number of allylic oxidation sites excluding steroid dienone is 1. The van der Waals surface area contributed by atoms with E-state index in [4.69, 9.17) is 28.8 Å². The lowest BCUT2D eigenvalue weighted by Crippen LogP contribution is -2.32. The van der Waals surface area contributed by atoms with Crippen LogP contribution in [0.3, 0.4) is 0 Å². The molecule has 2 unspecified atom stereocenters. The summed E-state index contributed by atoms with van der Waals surface area (Å²) in [4.78, 5) is 67.3. The Morgan fingerprint density at radius 1 is 0.590 bits per heavy atom. The molecule has 0 saturated heterocycles. The van der Waals surface area contributed by atoms with Crippen molar-refractivity contribution in [1.29, 1.82) is 0 Å². The lowest BCUT2D eigenvalue weighted by molar-refractivity contribution is -0.142. The van der Waals surface area contributed by atoms with Crippen LogP contribution in [0.1, 0.15) is 136 Å². The van der Waals surface area contributed by atoms with Crippen LogP contribution in [0.4, 0.5) is 0 Å². The number of aliphatic hydroxyl groups is 1. The van der Waals surface area contributed by atoms with Gasteiger partial charge in [0.25, 0.3) is 0 Å². The largest absolute Gasteiger partial charge is 0.513 e. The lowest BCUT2D eigenvalue weighted by Gasteiger charge is -2.12. The normalized spacial score (nSPS) is 11.5. The number of rotatable bonds is 42. The number of hydrogen-bond acceptors (Lipinski definition) is 13. The number of hydrogen-bond donors (Lipinski definition) is 9. The van der Waals surface area contributed by atoms with Crippen LogP contribution in [0.2, 0.25) is 0 Å². The molecule has 0 aliphatic carbocycles. The summed E-state index contributed by atoms with van der Waals surface area (Å²) in [7, 11) is 0. The summed E-state index contributed by atoms with van der Waals surface area (Å²) in [6.07, 6.45) is 17.8. The molecule has 0 heterocycles. The molecule has 358 valence electrons. The maximum Gasteiger partial charge on any atom is 0.306 e. The molecule has 0 aliphatic rings. The number of carboxylic acids is 1. The van der Waals surface area contributed by atoms with Crippen molar-refractivity contribution in [2.75, 3.05) is 72.5 Å². The van der Waals surface area contributed by atoms with Gasteiger partial charge in [-0.25, -0.2) is 0 Å². The van der Waals surface area contributed by atoms with Gasteiger partial charge in [-0.1, -0.05) is 104 Å². The van der Waals surface area contributed by atoms with Crippen molar-refractivity contribution in [3.05, 3.63) is 12.3 Å². The second-order valence-electron chi connectivity index (χ2n) is 14.0. The van der Waals surface area contributed by atoms with Gasteiger partial charge in [0.2, 0.25) is 29.2 Å². The molecule has 0 aromatic heterocycles. The minimum Gasteiger partial charge on any atom is -0.513 e. The van der Waals surface area contributed by atoms with Gasteiger partial charge in [-0.05, 0) is 38.5 Å². The summed E-state index contributed by atoms with van der Waals surface area (Å²) < 4.78 is 24.0. The Hall–Kier alpha value is -2.94. The molecule has 0 fully saturated rings. The average Bonchev–Trinajstić information content (AvgIpc) is 3.22. The summed E-state index contributed by atoms with van der Waals surface area (Å²) in [6, 6.07) is -0.414. The van der Waals surface area contributed by atoms with Crippen molar-refractivity contribution >= 4 is 60.7 Å². The quantitative estimate of drug-likeness (QED) is 0.0170. The van der Waals surface area contributed by atoms with E-state index < -0.39 is 17.9 Å². The van der Waals surface area contributed by atoms with E-state index in [1.54, 1.807) is 0 Å². The monoisotopic (exact) mass is 912 g/mol. The third-order valence-corrected chi connectivity index (χ3v) is 9.50. The standard InChI is InChI=1S/C39H72N4O11S2.C2H6.CH3NO/c1-32(44)16-12-10-8-6-4-2-3-5-7-9-11-13-17-33(38(48)49)19-20-35(45)41-22-24-51-26-29-54-31-37(47)42-23-25-52-27-28-53-30-36(46)40-21-15-14-18-34(43-56)39(50)55;1-2;2-1-3/h33-34,43-44,56H,1-31H2,(H,40,46)(H,41,45)(H,42,47)(H,48,49)(H,50,55);1-2H3;1H,(H2,2,3). The Morgan fingerprint density at radius 3 is 1.44 bits per heavy atom. The summed E-state index contributed by atoms with van der Waals surface area (Å²) in [5, 5.41) is 26.6. The Bertz CT molecular complexity index is 1110. The van der Waals surface area contributed by atoms with Crippen LogP contribution in [0.15, 0.2) is 12.3 Å². The van der Waals surface area contributed by atoms with Gasteiger partial charge >= 0.3 is 5.97 Å². The highest BCUT2D eigenvalue weighted by atomic mass is 32.1. The molecular formula is C42H81N5O12S2. The molecule has 0 aromatic rings. The molecule has 0 aromatic carbocycles. The lowest BCUT2D eigenvalue weighted by atomic mass is 9.95. The first-order valence-electron chi connectivity index (χ1n) is 22.0. The van der Waals surface area contributed by atoms with Crippen molar-refractivity contribution in [2.45, 2.75) is 142 Å². The maximum atomic E-state index is 12.2. The molecule has 0 spiro atoms. The highest BCUT2D eigenvalue weighted by Crippen LogP contribution is 2.18. The number of primary amides is 1. The van der Waals surface area contributed by atoms with Crippen LogP contribution in [0, 0.1) is 5.92 Å². The van der Waals surface area contributed by atoms with E-state index >= 15 is 0 Å². The second-order valence-corrected chi connectivity index (χ2v) is 14.7. The van der Waals surface area contributed by atoms with Crippen molar-refractivity contribution < 1.29 is 57.9 Å². The highest BCUT2D eigenvalue weighted by molar-refractivity contribution is 7.96. The number of amides is 4. The van der Waals surface area contributed by atoms with Gasteiger partial charge < -0.3 is 50.8 Å². The fourth-order valence-corrected chi connectivity index (χ4v) is 6.16. The highest BCUT2D eigenvalue weighted by Gasteiger charge is 2.18. The minimum absolute atomic E-state index is 0.0871. The smallest absolute Gasteiger partial charge is 0.306 e. The number of carboxylic acid groups (broad SMARTS) is 1. The van der Waals surface area contributed by atoms with Crippen molar-refractivity contribution in [1.82, 2.24) is 20.7 Å². The van der Waals surface area contributed by atoms with Crippen LogP contribution in [0.5, 0.6) is 0 Å². The zero-order valence-electron chi connectivity index (χ0n) is 37.1. The van der Waals surface area contributed by atoms with Crippen LogP contribution < -0.4 is 26.4 Å². The molecule has 0 bridgehead atoms. The van der Waals surface area contributed by atoms with E-state index in [2.05, 4.69) is 58.4 Å². The zero-order valence-corrected chi connectivity index (χ0v) is 38.9. The zero-order chi connectivity index (χ0) is 46.2. The van der Waals surface area contributed by atoms with Gasteiger partial charge in [0, 0.05) is 32.5 Å². The number of aliphatic hydroxyl groups excluding tert-OH is 1. The van der Waals surface area contributed by atoms with Crippen molar-refractivity contribution in [3.63, 3.8) is 0 Å². The fraction of sp³-hybridized carbons (Fsp3) is 0.810. The number of nitrogens with two attached hydrogens (primary N) is 1. The van der Waals surface area contributed by atoms with Crippen molar-refractivity contribution in [3.8, 4) is 0 Å². The molecular weight excluding hydrogens is 831 g/mol. The Balaban J connectivity index is -0.00000641. The Labute approximate surface area is 376 Å². The van der Waals surface area contributed by atoms with E-state index in [0.29, 0.717) is 51.7 Å². The first-order chi connectivity index (χ1) is 29.5. The van der Waals surface area contributed by atoms with E-state index in [1.165, 1.54) is 44.9 Å². The van der Waals surface area contributed by atoms with Crippen molar-refractivity contribution in [2.24, 2.45) is 11.7 Å². The molecule has 17 nitrogen and oxygen atoms in total. The number of thiol groups is 2. The minimum atomic E-state index is -0.850.